The van der Waals surface area contributed by atoms with E-state index in [1.54, 1.807) is 30.3 Å². The maximum atomic E-state index is 12.6. The van der Waals surface area contributed by atoms with Gasteiger partial charge in [0.2, 0.25) is 5.88 Å². The van der Waals surface area contributed by atoms with Crippen LogP contribution in [0.25, 0.3) is 0 Å². The molecule has 0 aliphatic rings. The smallest absolute Gasteiger partial charge is 0.416 e. The predicted molar refractivity (Wildman–Crippen MR) is 97.1 cm³/mol. The molecule has 3 aromatic rings. The van der Waals surface area contributed by atoms with Gasteiger partial charge in [0.15, 0.2) is 0 Å². The number of carbonyl (C=O) groups is 2. The minimum absolute atomic E-state index is 0.0278. The molecule has 0 spiro atoms. The number of hydrazine groups is 1. The molecule has 29 heavy (non-hydrogen) atoms. The van der Waals surface area contributed by atoms with Gasteiger partial charge in [0.1, 0.15) is 11.3 Å². The van der Waals surface area contributed by atoms with Crippen molar-refractivity contribution in [2.24, 2.45) is 0 Å². The van der Waals surface area contributed by atoms with Crippen LogP contribution in [0.15, 0.2) is 72.9 Å². The second-order valence-electron chi connectivity index (χ2n) is 5.75. The van der Waals surface area contributed by atoms with Crippen LogP contribution >= 0.6 is 0 Å². The first-order valence-electron chi connectivity index (χ1n) is 8.30. The van der Waals surface area contributed by atoms with Gasteiger partial charge in [-0.15, -0.1) is 0 Å². The number of amides is 2. The summed E-state index contributed by atoms with van der Waals surface area (Å²) < 4.78 is 43.3. The van der Waals surface area contributed by atoms with Gasteiger partial charge >= 0.3 is 6.18 Å². The van der Waals surface area contributed by atoms with E-state index in [-0.39, 0.29) is 17.0 Å². The number of nitrogens with one attached hydrogen (secondary N) is 2. The van der Waals surface area contributed by atoms with E-state index < -0.39 is 23.6 Å². The molecule has 0 aliphatic carbocycles. The lowest BCUT2D eigenvalue weighted by atomic mass is 10.1. The molecule has 0 atom stereocenters. The highest BCUT2D eigenvalue weighted by Gasteiger charge is 2.30. The summed E-state index contributed by atoms with van der Waals surface area (Å²) in [5, 5.41) is 0. The monoisotopic (exact) mass is 401 g/mol. The molecule has 1 aromatic heterocycles. The topological polar surface area (TPSA) is 80.3 Å². The lowest BCUT2D eigenvalue weighted by Crippen LogP contribution is -2.41. The van der Waals surface area contributed by atoms with E-state index in [0.29, 0.717) is 5.75 Å². The molecule has 6 nitrogen and oxygen atoms in total. The highest BCUT2D eigenvalue weighted by molar-refractivity contribution is 6.00. The number of benzene rings is 2. The van der Waals surface area contributed by atoms with Crippen LogP contribution in [-0.2, 0) is 6.18 Å². The predicted octanol–water partition coefficient (Wildman–Crippen LogP) is 3.97. The van der Waals surface area contributed by atoms with Crippen molar-refractivity contribution in [1.29, 1.82) is 0 Å². The molecule has 0 aliphatic heterocycles. The van der Waals surface area contributed by atoms with Gasteiger partial charge < -0.3 is 4.74 Å². The van der Waals surface area contributed by atoms with Crippen molar-refractivity contribution in [3.05, 3.63) is 89.6 Å². The molecule has 0 saturated heterocycles. The van der Waals surface area contributed by atoms with Crippen molar-refractivity contribution in [2.45, 2.75) is 6.18 Å². The lowest BCUT2D eigenvalue weighted by Gasteiger charge is -2.11. The van der Waals surface area contributed by atoms with E-state index in [0.717, 1.165) is 24.3 Å². The third-order valence-corrected chi connectivity index (χ3v) is 3.74. The van der Waals surface area contributed by atoms with Crippen molar-refractivity contribution in [3.8, 4) is 11.6 Å². The van der Waals surface area contributed by atoms with E-state index in [9.17, 15) is 22.8 Å². The standard InChI is InChI=1S/C20H14F3N3O3/c21-20(22,23)14-10-8-13(9-11-14)17(27)25-26-18(28)16-7-4-12-24-19(16)29-15-5-2-1-3-6-15/h1-12H,(H,25,27)(H,26,28). The maximum Gasteiger partial charge on any atom is 0.416 e. The van der Waals surface area contributed by atoms with Crippen LogP contribution in [0.4, 0.5) is 13.2 Å². The summed E-state index contributed by atoms with van der Waals surface area (Å²) >= 11 is 0. The van der Waals surface area contributed by atoms with E-state index in [1.165, 1.54) is 18.3 Å². The summed E-state index contributed by atoms with van der Waals surface area (Å²) in [5.74, 6) is -0.986. The van der Waals surface area contributed by atoms with Crippen molar-refractivity contribution in [3.63, 3.8) is 0 Å². The average molecular weight is 401 g/mol. The van der Waals surface area contributed by atoms with Crippen LogP contribution in [0, 0.1) is 0 Å². The fraction of sp³-hybridized carbons (Fsp3) is 0.0500. The first-order chi connectivity index (χ1) is 13.8. The quantitative estimate of drug-likeness (QED) is 0.649. The van der Waals surface area contributed by atoms with Crippen LogP contribution in [0.5, 0.6) is 11.6 Å². The Balaban J connectivity index is 1.66. The summed E-state index contributed by atoms with van der Waals surface area (Å²) in [7, 11) is 0. The van der Waals surface area contributed by atoms with E-state index in [4.69, 9.17) is 4.74 Å². The first-order valence-corrected chi connectivity index (χ1v) is 8.30. The molecule has 2 aromatic carbocycles. The number of aromatic nitrogens is 1. The number of hydrogen-bond acceptors (Lipinski definition) is 4. The number of para-hydroxylation sites is 1. The van der Waals surface area contributed by atoms with Crippen LogP contribution in [0.2, 0.25) is 0 Å². The molecule has 0 bridgehead atoms. The average Bonchev–Trinajstić information content (AvgIpc) is 2.72. The van der Waals surface area contributed by atoms with Crippen LogP contribution in [0.1, 0.15) is 26.3 Å². The van der Waals surface area contributed by atoms with Gasteiger partial charge in [-0.3, -0.25) is 20.4 Å². The summed E-state index contributed by atoms with van der Waals surface area (Å²) in [6, 6.07) is 15.2. The second kappa shape index (κ2) is 8.42. The number of hydrogen-bond donors (Lipinski definition) is 2. The summed E-state index contributed by atoms with van der Waals surface area (Å²) in [6.07, 6.45) is -3.06. The number of ether oxygens (including phenoxy) is 1. The summed E-state index contributed by atoms with van der Waals surface area (Å²) in [5.41, 5.74) is 3.46. The van der Waals surface area contributed by atoms with Gasteiger partial charge in [-0.1, -0.05) is 18.2 Å². The number of halogens is 3. The number of carbonyl (C=O) groups excluding carboxylic acids is 2. The Hall–Kier alpha value is -3.88. The van der Waals surface area contributed by atoms with Gasteiger partial charge in [-0.2, -0.15) is 13.2 Å². The number of rotatable bonds is 4. The molecule has 0 fully saturated rings. The molecule has 9 heteroatoms. The van der Waals surface area contributed by atoms with E-state index >= 15 is 0 Å². The van der Waals surface area contributed by atoms with E-state index in [2.05, 4.69) is 15.8 Å². The minimum Gasteiger partial charge on any atom is -0.438 e. The minimum atomic E-state index is -4.50. The Kier molecular flexibility index (Phi) is 5.77. The summed E-state index contributed by atoms with van der Waals surface area (Å²) in [4.78, 5) is 28.5. The fourth-order valence-electron chi connectivity index (χ4n) is 2.31. The van der Waals surface area contributed by atoms with Gasteiger partial charge in [-0.05, 0) is 48.5 Å². The van der Waals surface area contributed by atoms with Gasteiger partial charge in [0.25, 0.3) is 11.8 Å². The molecular weight excluding hydrogens is 387 g/mol. The van der Waals surface area contributed by atoms with Crippen molar-refractivity contribution >= 4 is 11.8 Å². The molecule has 2 amide bonds. The Morgan fingerprint density at radius 3 is 2.14 bits per heavy atom. The van der Waals surface area contributed by atoms with Crippen LogP contribution in [0.3, 0.4) is 0 Å². The van der Waals surface area contributed by atoms with Crippen molar-refractivity contribution in [1.82, 2.24) is 15.8 Å². The van der Waals surface area contributed by atoms with Gasteiger partial charge in [-0.25, -0.2) is 4.98 Å². The SMILES string of the molecule is O=C(NNC(=O)c1cccnc1Oc1ccccc1)c1ccc(C(F)(F)F)cc1. The van der Waals surface area contributed by atoms with E-state index in [1.807, 2.05) is 0 Å². The third-order valence-electron chi connectivity index (χ3n) is 3.74. The van der Waals surface area contributed by atoms with Crippen LogP contribution < -0.4 is 15.6 Å². The molecule has 3 rings (SSSR count). The molecule has 1 heterocycles. The van der Waals surface area contributed by atoms with Crippen molar-refractivity contribution in [2.75, 3.05) is 0 Å². The Labute approximate surface area is 163 Å². The summed E-state index contributed by atoms with van der Waals surface area (Å²) in [6.45, 7) is 0. The molecule has 148 valence electrons. The largest absolute Gasteiger partial charge is 0.438 e. The molecule has 2 N–H and O–H groups in total. The molecule has 0 saturated carbocycles. The second-order valence-corrected chi connectivity index (χ2v) is 5.75. The van der Waals surface area contributed by atoms with Gasteiger partial charge in [0.05, 0.1) is 5.56 Å². The zero-order chi connectivity index (χ0) is 20.9. The zero-order valence-corrected chi connectivity index (χ0v) is 14.7. The van der Waals surface area contributed by atoms with Crippen LogP contribution in [-0.4, -0.2) is 16.8 Å². The lowest BCUT2D eigenvalue weighted by molar-refractivity contribution is -0.137. The Morgan fingerprint density at radius 2 is 1.48 bits per heavy atom. The molecular formula is C20H14F3N3O3. The number of nitrogens with zero attached hydrogens (tertiary/aromatic N) is 1. The molecule has 0 radical (unpaired) electrons. The first kappa shape index (κ1) is 19.9. The highest BCUT2D eigenvalue weighted by atomic mass is 19.4. The fourth-order valence-corrected chi connectivity index (χ4v) is 2.31. The Bertz CT molecular complexity index is 1010. The number of alkyl halides is 3. The van der Waals surface area contributed by atoms with Crippen molar-refractivity contribution < 1.29 is 27.5 Å². The number of pyridine rings is 1. The normalized spacial score (nSPS) is 10.9. The highest BCUT2D eigenvalue weighted by Crippen LogP contribution is 2.29. The maximum absolute atomic E-state index is 12.6. The Morgan fingerprint density at radius 1 is 0.828 bits per heavy atom. The zero-order valence-electron chi connectivity index (χ0n) is 14.7. The molecule has 0 unspecified atom stereocenters. The third kappa shape index (κ3) is 5.10. The van der Waals surface area contributed by atoms with Gasteiger partial charge in [0, 0.05) is 11.8 Å².